The van der Waals surface area contributed by atoms with E-state index in [1.807, 2.05) is 13.8 Å². The van der Waals surface area contributed by atoms with Crippen LogP contribution in [0.4, 0.5) is 0 Å². The van der Waals surface area contributed by atoms with Gasteiger partial charge in [0.15, 0.2) is 0 Å². The fraction of sp³-hybridized carbons (Fsp3) is 0.583. The Morgan fingerprint density at radius 1 is 1.56 bits per heavy atom. The van der Waals surface area contributed by atoms with Crippen molar-refractivity contribution < 1.29 is 39.1 Å². The first-order valence-electron chi connectivity index (χ1n) is 5.71. The van der Waals surface area contributed by atoms with Crippen LogP contribution in [0.25, 0.3) is 0 Å². The van der Waals surface area contributed by atoms with Crippen LogP contribution in [-0.4, -0.2) is 17.0 Å². The molecule has 0 aromatic heterocycles. The number of amidine groups is 1. The Kier molecular flexibility index (Phi) is 7.29. The molecule has 0 saturated carbocycles. The summed E-state index contributed by atoms with van der Waals surface area (Å²) in [6.07, 6.45) is 3.58. The third-order valence-electron chi connectivity index (χ3n) is 3.24. The molecule has 0 spiro atoms. The van der Waals surface area contributed by atoms with Gasteiger partial charge in [-0.25, -0.2) is 4.99 Å². The van der Waals surface area contributed by atoms with Gasteiger partial charge in [-0.05, 0) is 23.9 Å². The predicted molar refractivity (Wildman–Crippen MR) is 69.3 cm³/mol. The van der Waals surface area contributed by atoms with E-state index in [9.17, 15) is 9.59 Å². The number of hydrogen-bond donors (Lipinski definition) is 1. The topological polar surface area (TPSA) is 58.5 Å². The van der Waals surface area contributed by atoms with E-state index in [1.54, 1.807) is 6.08 Å². The summed E-state index contributed by atoms with van der Waals surface area (Å²) in [5, 5.41) is 2.44. The number of aliphatic imine (C=N–C) groups is 1. The molecule has 94 valence electrons. The summed E-state index contributed by atoms with van der Waals surface area (Å²) in [6, 6.07) is 0. The molecule has 0 aliphatic carbocycles. The van der Waals surface area contributed by atoms with Gasteiger partial charge in [-0.1, -0.05) is 26.3 Å². The van der Waals surface area contributed by atoms with Crippen molar-refractivity contribution >= 4 is 29.6 Å². The minimum atomic E-state index is -1.12. The summed E-state index contributed by atoms with van der Waals surface area (Å²) >= 11 is 4.75. The van der Waals surface area contributed by atoms with Crippen molar-refractivity contribution in [3.63, 3.8) is 0 Å². The molecule has 2 amide bonds. The number of carbonyl (C=O) groups excluding carboxylic acids is 2. The molecule has 0 unspecified atom stereocenters. The van der Waals surface area contributed by atoms with Crippen molar-refractivity contribution in [1.82, 2.24) is 5.32 Å². The minimum Gasteiger partial charge on any atom is -0.742 e. The van der Waals surface area contributed by atoms with E-state index in [2.05, 4.69) is 16.9 Å². The molecule has 18 heavy (non-hydrogen) atoms. The van der Waals surface area contributed by atoms with Crippen molar-refractivity contribution in [2.45, 2.75) is 33.1 Å². The summed E-state index contributed by atoms with van der Waals surface area (Å²) in [7, 11) is 0. The Balaban J connectivity index is 0.00000289. The van der Waals surface area contributed by atoms with E-state index < -0.39 is 11.3 Å². The van der Waals surface area contributed by atoms with Gasteiger partial charge in [0.2, 0.25) is 5.91 Å². The SMILES string of the molecule is C=CC[C@@]1([C@H](C)CCC)C(=O)N=C([S-])NC1=O.[Na+]. The van der Waals surface area contributed by atoms with E-state index in [0.717, 1.165) is 12.8 Å². The maximum Gasteiger partial charge on any atom is 1.00 e. The molecule has 4 nitrogen and oxygen atoms in total. The van der Waals surface area contributed by atoms with Gasteiger partial charge in [-0.2, -0.15) is 0 Å². The second kappa shape index (κ2) is 7.38. The fourth-order valence-corrected chi connectivity index (χ4v) is 2.42. The van der Waals surface area contributed by atoms with Crippen molar-refractivity contribution in [3.05, 3.63) is 12.7 Å². The number of allylic oxidation sites excluding steroid dienone is 1. The maximum absolute atomic E-state index is 12.1. The molecular weight excluding hydrogens is 259 g/mol. The zero-order valence-electron chi connectivity index (χ0n) is 11.2. The number of nitrogens with zero attached hydrogens (tertiary/aromatic N) is 1. The summed E-state index contributed by atoms with van der Waals surface area (Å²) < 4.78 is 0. The van der Waals surface area contributed by atoms with Gasteiger partial charge in [0.25, 0.3) is 5.91 Å². The van der Waals surface area contributed by atoms with Crippen LogP contribution in [-0.2, 0) is 22.2 Å². The largest absolute Gasteiger partial charge is 1.00 e. The molecule has 0 aromatic rings. The number of nitrogens with one attached hydrogen (secondary N) is 1. The van der Waals surface area contributed by atoms with Gasteiger partial charge in [0.05, 0.1) is 0 Å². The number of amides is 2. The number of rotatable bonds is 5. The fourth-order valence-electron chi connectivity index (χ4n) is 2.25. The van der Waals surface area contributed by atoms with Crippen LogP contribution in [0, 0.1) is 11.3 Å². The first-order valence-corrected chi connectivity index (χ1v) is 6.12. The van der Waals surface area contributed by atoms with E-state index >= 15 is 0 Å². The third kappa shape index (κ3) is 3.20. The van der Waals surface area contributed by atoms with Crippen LogP contribution >= 0.6 is 0 Å². The molecule has 0 fully saturated rings. The van der Waals surface area contributed by atoms with E-state index in [0.29, 0.717) is 6.42 Å². The molecule has 1 aliphatic rings. The Hall–Kier alpha value is -0.230. The van der Waals surface area contributed by atoms with Gasteiger partial charge >= 0.3 is 29.6 Å². The second-order valence-electron chi connectivity index (χ2n) is 4.33. The summed E-state index contributed by atoms with van der Waals surface area (Å²) in [4.78, 5) is 27.9. The van der Waals surface area contributed by atoms with Gasteiger partial charge in [0.1, 0.15) is 5.41 Å². The number of carbonyl (C=O) groups is 2. The molecule has 0 saturated heterocycles. The quantitative estimate of drug-likeness (QED) is 0.289. The first-order chi connectivity index (χ1) is 7.98. The zero-order chi connectivity index (χ0) is 13.1. The van der Waals surface area contributed by atoms with Crippen molar-refractivity contribution in [2.24, 2.45) is 16.3 Å². The molecule has 6 heteroatoms. The van der Waals surface area contributed by atoms with E-state index in [-0.39, 0.29) is 46.6 Å². The Labute approximate surface area is 135 Å². The third-order valence-corrected chi connectivity index (χ3v) is 3.43. The average molecular weight is 276 g/mol. The monoisotopic (exact) mass is 276 g/mol. The minimum absolute atomic E-state index is 0. The zero-order valence-corrected chi connectivity index (χ0v) is 14.0. The molecule has 1 N–H and O–H groups in total. The predicted octanol–water partition coefficient (Wildman–Crippen LogP) is -1.45. The molecule has 0 aromatic carbocycles. The smallest absolute Gasteiger partial charge is 0.742 e. The van der Waals surface area contributed by atoms with Crippen molar-refractivity contribution in [1.29, 1.82) is 0 Å². The van der Waals surface area contributed by atoms with E-state index in [4.69, 9.17) is 12.6 Å². The molecule has 0 radical (unpaired) electrons. The van der Waals surface area contributed by atoms with Crippen LogP contribution in [0.2, 0.25) is 0 Å². The van der Waals surface area contributed by atoms with Crippen LogP contribution in [0.15, 0.2) is 17.6 Å². The molecule has 1 aliphatic heterocycles. The molecular formula is C12H17N2NaO2S. The van der Waals surface area contributed by atoms with Gasteiger partial charge in [0, 0.05) is 0 Å². The van der Waals surface area contributed by atoms with Crippen molar-refractivity contribution in [2.75, 3.05) is 0 Å². The van der Waals surface area contributed by atoms with Crippen LogP contribution in [0.5, 0.6) is 0 Å². The Bertz CT molecular complexity index is 384. The summed E-state index contributed by atoms with van der Waals surface area (Å²) in [6.45, 7) is 7.54. The molecule has 1 heterocycles. The van der Waals surface area contributed by atoms with Gasteiger partial charge < -0.3 is 17.9 Å². The number of hydrogen-bond acceptors (Lipinski definition) is 3. The second-order valence-corrected chi connectivity index (χ2v) is 4.72. The normalized spacial score (nSPS) is 24.7. The summed E-state index contributed by atoms with van der Waals surface area (Å²) in [5.41, 5.74) is -1.12. The van der Waals surface area contributed by atoms with Crippen LogP contribution in [0.1, 0.15) is 33.1 Å². The Morgan fingerprint density at radius 2 is 2.17 bits per heavy atom. The standard InChI is InChI=1S/C12H18N2O2S.Na/c1-4-6-8(3)12(7-5-2)9(15)13-11(17)14-10(12)16;/h5,8H,2,4,6-7H2,1,3H3,(H2,13,14,15,16,17);/q;+1/p-1/t8-;/m1./s1. The molecule has 2 atom stereocenters. The first kappa shape index (κ1) is 17.8. The van der Waals surface area contributed by atoms with E-state index in [1.165, 1.54) is 0 Å². The van der Waals surface area contributed by atoms with Crippen molar-refractivity contribution in [3.8, 4) is 0 Å². The summed E-state index contributed by atoms with van der Waals surface area (Å²) in [5.74, 6) is -0.861. The van der Waals surface area contributed by atoms with Crippen LogP contribution in [0.3, 0.4) is 0 Å². The average Bonchev–Trinajstić information content (AvgIpc) is 2.23. The maximum atomic E-state index is 12.1. The Morgan fingerprint density at radius 3 is 2.61 bits per heavy atom. The van der Waals surface area contributed by atoms with Crippen LogP contribution < -0.4 is 34.9 Å². The molecule has 1 rings (SSSR count). The van der Waals surface area contributed by atoms with Gasteiger partial charge in [-0.15, -0.1) is 6.58 Å². The molecule has 0 bridgehead atoms. The van der Waals surface area contributed by atoms with Gasteiger partial charge in [-0.3, -0.25) is 9.59 Å².